The Balaban J connectivity index is 2.77. The predicted molar refractivity (Wildman–Crippen MR) is 68.8 cm³/mol. The van der Waals surface area contributed by atoms with E-state index in [1.165, 1.54) is 0 Å². The molecule has 1 rings (SSSR count). The minimum absolute atomic E-state index is 0.0671. The van der Waals surface area contributed by atoms with Gasteiger partial charge in [-0.2, -0.15) is 0 Å². The molecule has 108 valence electrons. The summed E-state index contributed by atoms with van der Waals surface area (Å²) in [4.78, 5) is 33.2. The summed E-state index contributed by atoms with van der Waals surface area (Å²) >= 11 is 0. The number of hydrogen-bond donors (Lipinski definition) is 4. The fourth-order valence-corrected chi connectivity index (χ4v) is 1.54. The number of halogens is 1. The molecule has 0 saturated carbocycles. The van der Waals surface area contributed by atoms with Crippen molar-refractivity contribution in [3.05, 3.63) is 29.6 Å². The Labute approximate surface area is 114 Å². The Kier molecular flexibility index (Phi) is 5.01. The fraction of sp³-hybridized carbons (Fsp3) is 0.250. The highest BCUT2D eigenvalue weighted by Crippen LogP contribution is 2.17. The molecule has 0 saturated heterocycles. The summed E-state index contributed by atoms with van der Waals surface area (Å²) in [5.74, 6) is -2.57. The largest absolute Gasteiger partial charge is 0.478 e. The van der Waals surface area contributed by atoms with Crippen molar-refractivity contribution < 1.29 is 23.9 Å². The van der Waals surface area contributed by atoms with Crippen molar-refractivity contribution >= 4 is 23.6 Å². The highest BCUT2D eigenvalue weighted by Gasteiger charge is 2.15. The number of carbonyl (C=O) groups is 3. The molecule has 0 aliphatic heterocycles. The molecule has 1 aromatic carbocycles. The van der Waals surface area contributed by atoms with E-state index in [4.69, 9.17) is 10.8 Å². The molecular weight excluding hydrogens is 269 g/mol. The molecule has 0 fully saturated rings. The summed E-state index contributed by atoms with van der Waals surface area (Å²) in [5, 5.41) is 13.5. The van der Waals surface area contributed by atoms with Crippen LogP contribution < -0.4 is 16.4 Å². The standard InChI is InChI=1S/C12H14FN3O4/c1-6(4-10(14)17)15-12(20)16-9-5-7(13)2-3-8(9)11(18)19/h2-3,5-6H,4H2,1H3,(H2,14,17)(H,18,19)(H2,15,16,20). The summed E-state index contributed by atoms with van der Waals surface area (Å²) in [7, 11) is 0. The van der Waals surface area contributed by atoms with Crippen LogP contribution in [0.4, 0.5) is 14.9 Å². The Morgan fingerprint density at radius 3 is 2.60 bits per heavy atom. The highest BCUT2D eigenvalue weighted by atomic mass is 19.1. The van der Waals surface area contributed by atoms with Crippen LogP contribution in [0.1, 0.15) is 23.7 Å². The zero-order valence-corrected chi connectivity index (χ0v) is 10.6. The molecule has 20 heavy (non-hydrogen) atoms. The summed E-state index contributed by atoms with van der Waals surface area (Å²) < 4.78 is 13.1. The van der Waals surface area contributed by atoms with Crippen molar-refractivity contribution in [2.24, 2.45) is 5.73 Å². The topological polar surface area (TPSA) is 122 Å². The van der Waals surface area contributed by atoms with E-state index >= 15 is 0 Å². The highest BCUT2D eigenvalue weighted by molar-refractivity contribution is 6.00. The smallest absolute Gasteiger partial charge is 0.337 e. The summed E-state index contributed by atoms with van der Waals surface area (Å²) in [5.41, 5.74) is 4.54. The molecule has 0 aliphatic rings. The van der Waals surface area contributed by atoms with E-state index in [9.17, 15) is 18.8 Å². The molecule has 0 aromatic heterocycles. The van der Waals surface area contributed by atoms with Crippen LogP contribution in [0.2, 0.25) is 0 Å². The first-order valence-electron chi connectivity index (χ1n) is 5.68. The van der Waals surface area contributed by atoms with E-state index in [1.54, 1.807) is 6.92 Å². The molecule has 1 aromatic rings. The first kappa shape index (κ1) is 15.4. The van der Waals surface area contributed by atoms with Crippen LogP contribution >= 0.6 is 0 Å². The van der Waals surface area contributed by atoms with E-state index in [0.717, 1.165) is 18.2 Å². The maximum atomic E-state index is 13.1. The lowest BCUT2D eigenvalue weighted by atomic mass is 10.1. The number of carbonyl (C=O) groups excluding carboxylic acids is 2. The van der Waals surface area contributed by atoms with Gasteiger partial charge in [0.1, 0.15) is 5.82 Å². The number of carboxylic acid groups (broad SMARTS) is 1. The molecule has 1 atom stereocenters. The van der Waals surface area contributed by atoms with E-state index in [2.05, 4.69) is 10.6 Å². The fourth-order valence-electron chi connectivity index (χ4n) is 1.54. The Morgan fingerprint density at radius 2 is 2.05 bits per heavy atom. The normalized spacial score (nSPS) is 11.5. The molecule has 0 aliphatic carbocycles. The lowest BCUT2D eigenvalue weighted by Gasteiger charge is -2.14. The SMILES string of the molecule is CC(CC(N)=O)NC(=O)Nc1cc(F)ccc1C(=O)O. The molecule has 8 heteroatoms. The quantitative estimate of drug-likeness (QED) is 0.641. The molecule has 7 nitrogen and oxygen atoms in total. The number of rotatable bonds is 5. The first-order chi connectivity index (χ1) is 9.29. The number of nitrogens with one attached hydrogen (secondary N) is 2. The van der Waals surface area contributed by atoms with Gasteiger partial charge in [-0.1, -0.05) is 0 Å². The number of amides is 3. The van der Waals surface area contributed by atoms with Gasteiger partial charge in [-0.05, 0) is 25.1 Å². The zero-order chi connectivity index (χ0) is 15.3. The van der Waals surface area contributed by atoms with Crippen LogP contribution in [0.25, 0.3) is 0 Å². The average molecular weight is 283 g/mol. The number of urea groups is 1. The summed E-state index contributed by atoms with van der Waals surface area (Å²) in [6.07, 6.45) is -0.0671. The molecule has 3 amide bonds. The van der Waals surface area contributed by atoms with Gasteiger partial charge in [0.15, 0.2) is 0 Å². The molecule has 0 radical (unpaired) electrons. The predicted octanol–water partition coefficient (Wildman–Crippen LogP) is 0.909. The second kappa shape index (κ2) is 6.50. The Morgan fingerprint density at radius 1 is 1.40 bits per heavy atom. The van der Waals surface area contributed by atoms with Gasteiger partial charge < -0.3 is 21.5 Å². The number of primary amides is 1. The van der Waals surface area contributed by atoms with Gasteiger partial charge in [0.2, 0.25) is 5.91 Å². The van der Waals surface area contributed by atoms with E-state index in [1.807, 2.05) is 0 Å². The lowest BCUT2D eigenvalue weighted by molar-refractivity contribution is -0.118. The maximum absolute atomic E-state index is 13.1. The monoisotopic (exact) mass is 283 g/mol. The Hall–Kier alpha value is -2.64. The number of benzene rings is 1. The second-order valence-electron chi connectivity index (χ2n) is 4.17. The van der Waals surface area contributed by atoms with Gasteiger partial charge >= 0.3 is 12.0 Å². The summed E-state index contributed by atoms with van der Waals surface area (Å²) in [6.45, 7) is 1.55. The Bertz CT molecular complexity index is 548. The van der Waals surface area contributed by atoms with Crippen LogP contribution in [-0.2, 0) is 4.79 Å². The van der Waals surface area contributed by atoms with Crippen molar-refractivity contribution in [1.29, 1.82) is 0 Å². The third kappa shape index (κ3) is 4.56. The van der Waals surface area contributed by atoms with Gasteiger partial charge in [0.05, 0.1) is 11.3 Å². The van der Waals surface area contributed by atoms with Crippen LogP contribution in [0, 0.1) is 5.82 Å². The molecule has 1 unspecified atom stereocenters. The van der Waals surface area contributed by atoms with Crippen molar-refractivity contribution in [2.75, 3.05) is 5.32 Å². The molecule has 0 spiro atoms. The maximum Gasteiger partial charge on any atom is 0.337 e. The average Bonchev–Trinajstić information content (AvgIpc) is 2.26. The van der Waals surface area contributed by atoms with Crippen LogP contribution in [0.15, 0.2) is 18.2 Å². The number of nitrogens with two attached hydrogens (primary N) is 1. The number of carboxylic acids is 1. The van der Waals surface area contributed by atoms with Crippen molar-refractivity contribution in [2.45, 2.75) is 19.4 Å². The van der Waals surface area contributed by atoms with Crippen molar-refractivity contribution in [3.8, 4) is 0 Å². The van der Waals surface area contributed by atoms with Gasteiger partial charge in [0, 0.05) is 12.5 Å². The van der Waals surface area contributed by atoms with Crippen LogP contribution in [-0.4, -0.2) is 29.1 Å². The van der Waals surface area contributed by atoms with E-state index in [0.29, 0.717) is 0 Å². The lowest BCUT2D eigenvalue weighted by Crippen LogP contribution is -2.38. The number of anilines is 1. The van der Waals surface area contributed by atoms with Crippen LogP contribution in [0.3, 0.4) is 0 Å². The third-order valence-corrected chi connectivity index (χ3v) is 2.35. The summed E-state index contributed by atoms with van der Waals surface area (Å²) in [6, 6.07) is 1.62. The van der Waals surface area contributed by atoms with Crippen molar-refractivity contribution in [3.63, 3.8) is 0 Å². The first-order valence-corrected chi connectivity index (χ1v) is 5.68. The van der Waals surface area contributed by atoms with E-state index < -0.39 is 29.8 Å². The van der Waals surface area contributed by atoms with Gasteiger partial charge in [0.25, 0.3) is 0 Å². The van der Waals surface area contributed by atoms with Crippen molar-refractivity contribution in [1.82, 2.24) is 5.32 Å². The molecule has 0 heterocycles. The minimum Gasteiger partial charge on any atom is -0.478 e. The van der Waals surface area contributed by atoms with Crippen LogP contribution in [0.5, 0.6) is 0 Å². The molecule has 0 bridgehead atoms. The number of hydrogen-bond acceptors (Lipinski definition) is 3. The molecule has 5 N–H and O–H groups in total. The third-order valence-electron chi connectivity index (χ3n) is 2.35. The second-order valence-corrected chi connectivity index (χ2v) is 4.17. The number of aromatic carboxylic acids is 1. The van der Waals surface area contributed by atoms with Gasteiger partial charge in [-0.25, -0.2) is 14.0 Å². The zero-order valence-electron chi connectivity index (χ0n) is 10.6. The van der Waals surface area contributed by atoms with Gasteiger partial charge in [-0.15, -0.1) is 0 Å². The minimum atomic E-state index is -1.30. The van der Waals surface area contributed by atoms with Gasteiger partial charge in [-0.3, -0.25) is 4.79 Å². The molecular formula is C12H14FN3O4. The van der Waals surface area contributed by atoms with E-state index in [-0.39, 0.29) is 17.7 Å².